The Morgan fingerprint density at radius 1 is 1.07 bits per heavy atom. The first-order valence-electron chi connectivity index (χ1n) is 9.02. The average molecular weight is 391 g/mol. The van der Waals surface area contributed by atoms with Gasteiger partial charge in [-0.3, -0.25) is 4.79 Å². The molecule has 2 aromatic carbocycles. The van der Waals surface area contributed by atoms with Crippen molar-refractivity contribution < 1.29 is 14.3 Å². The number of benzene rings is 2. The minimum Gasteiger partial charge on any atom is -0.489 e. The third kappa shape index (κ3) is 5.70. The number of hydrogen-bond acceptors (Lipinski definition) is 4. The molecular weight excluding hydrogens is 364 g/mol. The van der Waals surface area contributed by atoms with Crippen molar-refractivity contribution in [2.45, 2.75) is 25.0 Å². The fourth-order valence-electron chi connectivity index (χ4n) is 3.29. The zero-order chi connectivity index (χ0) is 18.2. The number of halogens is 1. The zero-order valence-electron chi connectivity index (χ0n) is 15.6. The maximum Gasteiger partial charge on any atom is 0.234 e. The summed E-state index contributed by atoms with van der Waals surface area (Å²) in [6.07, 6.45) is 1.54. The Morgan fingerprint density at radius 3 is 2.37 bits per heavy atom. The smallest absolute Gasteiger partial charge is 0.234 e. The van der Waals surface area contributed by atoms with Crippen LogP contribution < -0.4 is 15.4 Å². The van der Waals surface area contributed by atoms with Gasteiger partial charge in [-0.2, -0.15) is 0 Å². The molecule has 1 heterocycles. The molecule has 2 N–H and O–H groups in total. The first kappa shape index (κ1) is 21.2. The van der Waals surface area contributed by atoms with Crippen LogP contribution in [-0.4, -0.2) is 32.7 Å². The van der Waals surface area contributed by atoms with Crippen molar-refractivity contribution in [3.05, 3.63) is 65.7 Å². The lowest BCUT2D eigenvalue weighted by Crippen LogP contribution is -2.51. The molecule has 1 aliphatic heterocycles. The summed E-state index contributed by atoms with van der Waals surface area (Å²) in [5, 5.41) is 6.11. The van der Waals surface area contributed by atoms with Gasteiger partial charge in [0.25, 0.3) is 0 Å². The largest absolute Gasteiger partial charge is 0.489 e. The van der Waals surface area contributed by atoms with Crippen LogP contribution in [0.4, 0.5) is 0 Å². The van der Waals surface area contributed by atoms with Gasteiger partial charge in [0.1, 0.15) is 12.4 Å². The summed E-state index contributed by atoms with van der Waals surface area (Å²) in [6, 6.07) is 18.1. The second-order valence-electron chi connectivity index (χ2n) is 6.57. The molecule has 0 aliphatic carbocycles. The molecule has 2 aromatic rings. The van der Waals surface area contributed by atoms with Crippen LogP contribution in [0.3, 0.4) is 0 Å². The van der Waals surface area contributed by atoms with Crippen LogP contribution in [0.5, 0.6) is 5.75 Å². The van der Waals surface area contributed by atoms with Gasteiger partial charge >= 0.3 is 0 Å². The maximum absolute atomic E-state index is 12.2. The molecule has 6 heteroatoms. The van der Waals surface area contributed by atoms with Gasteiger partial charge in [0.15, 0.2) is 0 Å². The van der Waals surface area contributed by atoms with E-state index in [1.54, 1.807) is 7.05 Å². The van der Waals surface area contributed by atoms with Crippen molar-refractivity contribution >= 4 is 18.3 Å². The van der Waals surface area contributed by atoms with Crippen LogP contribution >= 0.6 is 12.4 Å². The highest BCUT2D eigenvalue weighted by Gasteiger charge is 2.35. The molecule has 146 valence electrons. The summed E-state index contributed by atoms with van der Waals surface area (Å²) in [5.74, 6) is 0.820. The van der Waals surface area contributed by atoms with Gasteiger partial charge in [0, 0.05) is 13.2 Å². The minimum absolute atomic E-state index is 0. The fourth-order valence-corrected chi connectivity index (χ4v) is 3.29. The van der Waals surface area contributed by atoms with Gasteiger partial charge in [0.2, 0.25) is 5.91 Å². The molecule has 0 spiro atoms. The Bertz CT molecular complexity index is 701. The van der Waals surface area contributed by atoms with Crippen LogP contribution in [0.15, 0.2) is 54.6 Å². The number of likely N-dealkylation sites (N-methyl/N-ethyl adjacent to an activating group) is 1. The number of ether oxygens (including phenoxy) is 2. The molecular formula is C21H27ClN2O3. The summed E-state index contributed by atoms with van der Waals surface area (Å²) in [6.45, 7) is 2.14. The molecule has 0 radical (unpaired) electrons. The van der Waals surface area contributed by atoms with Crippen molar-refractivity contribution in [1.82, 2.24) is 10.6 Å². The number of carbonyl (C=O) groups is 1. The molecule has 1 fully saturated rings. The number of rotatable bonds is 7. The maximum atomic E-state index is 12.2. The Balaban J connectivity index is 0.00000261. The van der Waals surface area contributed by atoms with E-state index in [9.17, 15) is 4.79 Å². The van der Waals surface area contributed by atoms with E-state index in [0.717, 1.165) is 29.7 Å². The Kier molecular flexibility index (Phi) is 8.10. The topological polar surface area (TPSA) is 59.6 Å². The van der Waals surface area contributed by atoms with E-state index in [1.165, 1.54) is 0 Å². The van der Waals surface area contributed by atoms with Crippen LogP contribution in [0, 0.1) is 0 Å². The quantitative estimate of drug-likeness (QED) is 0.763. The van der Waals surface area contributed by atoms with Gasteiger partial charge in [-0.15, -0.1) is 12.4 Å². The predicted molar refractivity (Wildman–Crippen MR) is 108 cm³/mol. The SMILES string of the molecule is CNCC(=O)NC1(c2ccc(OCc3ccccc3)cc2)CCOCC1.Cl. The van der Waals surface area contributed by atoms with E-state index in [0.29, 0.717) is 26.4 Å². The lowest BCUT2D eigenvalue weighted by Gasteiger charge is -2.38. The van der Waals surface area contributed by atoms with Crippen LogP contribution in [0.2, 0.25) is 0 Å². The van der Waals surface area contributed by atoms with E-state index < -0.39 is 0 Å². The summed E-state index contributed by atoms with van der Waals surface area (Å²) in [5.41, 5.74) is 1.86. The van der Waals surface area contributed by atoms with Gasteiger partial charge in [-0.1, -0.05) is 42.5 Å². The van der Waals surface area contributed by atoms with Crippen LogP contribution in [-0.2, 0) is 21.7 Å². The van der Waals surface area contributed by atoms with Gasteiger partial charge < -0.3 is 20.1 Å². The summed E-state index contributed by atoms with van der Waals surface area (Å²) in [4.78, 5) is 12.2. The van der Waals surface area contributed by atoms with E-state index in [-0.39, 0.29) is 23.9 Å². The zero-order valence-corrected chi connectivity index (χ0v) is 16.4. The van der Waals surface area contributed by atoms with Crippen LogP contribution in [0.1, 0.15) is 24.0 Å². The molecule has 1 amide bonds. The van der Waals surface area contributed by atoms with Gasteiger partial charge in [-0.25, -0.2) is 0 Å². The Labute approximate surface area is 166 Å². The molecule has 5 nitrogen and oxygen atoms in total. The molecule has 0 aromatic heterocycles. The number of nitrogens with one attached hydrogen (secondary N) is 2. The van der Waals surface area contributed by atoms with Crippen molar-refractivity contribution in [3.8, 4) is 5.75 Å². The second kappa shape index (κ2) is 10.3. The lowest BCUT2D eigenvalue weighted by molar-refractivity contribution is -0.123. The summed E-state index contributed by atoms with van der Waals surface area (Å²) >= 11 is 0. The monoisotopic (exact) mass is 390 g/mol. The van der Waals surface area contributed by atoms with Crippen LogP contribution in [0.25, 0.3) is 0 Å². The third-order valence-corrected chi connectivity index (χ3v) is 4.72. The van der Waals surface area contributed by atoms with Crippen molar-refractivity contribution in [2.24, 2.45) is 0 Å². The predicted octanol–water partition coefficient (Wildman–Crippen LogP) is 3.03. The molecule has 0 bridgehead atoms. The average Bonchev–Trinajstić information content (AvgIpc) is 2.68. The van der Waals surface area contributed by atoms with Gasteiger partial charge in [0.05, 0.1) is 12.1 Å². The number of hydrogen-bond donors (Lipinski definition) is 2. The van der Waals surface area contributed by atoms with Crippen molar-refractivity contribution in [3.63, 3.8) is 0 Å². The lowest BCUT2D eigenvalue weighted by atomic mass is 9.82. The highest BCUT2D eigenvalue weighted by molar-refractivity contribution is 5.85. The Hall–Kier alpha value is -2.08. The molecule has 1 aliphatic rings. The molecule has 0 atom stereocenters. The third-order valence-electron chi connectivity index (χ3n) is 4.72. The number of amides is 1. The molecule has 3 rings (SSSR count). The molecule has 27 heavy (non-hydrogen) atoms. The molecule has 1 saturated heterocycles. The Morgan fingerprint density at radius 2 is 1.74 bits per heavy atom. The van der Waals surface area contributed by atoms with E-state index in [2.05, 4.69) is 10.6 Å². The molecule has 0 unspecified atom stereocenters. The minimum atomic E-state index is -0.371. The van der Waals surface area contributed by atoms with E-state index in [4.69, 9.17) is 9.47 Å². The highest BCUT2D eigenvalue weighted by Crippen LogP contribution is 2.33. The summed E-state index contributed by atoms with van der Waals surface area (Å²) < 4.78 is 11.4. The second-order valence-corrected chi connectivity index (χ2v) is 6.57. The first-order valence-corrected chi connectivity index (χ1v) is 9.02. The highest BCUT2D eigenvalue weighted by atomic mass is 35.5. The number of carbonyl (C=O) groups excluding carboxylic acids is 1. The molecule has 0 saturated carbocycles. The van der Waals surface area contributed by atoms with Crippen molar-refractivity contribution in [1.29, 1.82) is 0 Å². The van der Waals surface area contributed by atoms with Crippen molar-refractivity contribution in [2.75, 3.05) is 26.8 Å². The standard InChI is InChI=1S/C21H26N2O3.ClH/c1-22-15-20(24)23-21(11-13-25-14-12-21)18-7-9-19(10-8-18)26-16-17-5-3-2-4-6-17;/h2-10,22H,11-16H2,1H3,(H,23,24);1H. The van der Waals surface area contributed by atoms with E-state index in [1.807, 2.05) is 54.6 Å². The fraction of sp³-hybridized carbons (Fsp3) is 0.381. The van der Waals surface area contributed by atoms with Gasteiger partial charge in [-0.05, 0) is 43.1 Å². The first-order chi connectivity index (χ1) is 12.7. The summed E-state index contributed by atoms with van der Waals surface area (Å²) in [7, 11) is 1.77. The van der Waals surface area contributed by atoms with E-state index >= 15 is 0 Å². The normalized spacial score (nSPS) is 15.4.